The highest BCUT2D eigenvalue weighted by Crippen LogP contribution is 2.20. The van der Waals surface area contributed by atoms with E-state index in [1.54, 1.807) is 6.07 Å². The van der Waals surface area contributed by atoms with Crippen LogP contribution in [0.2, 0.25) is 5.02 Å². The lowest BCUT2D eigenvalue weighted by molar-refractivity contribution is -0.860. The van der Waals surface area contributed by atoms with E-state index in [0.717, 1.165) is 12.1 Å². The highest BCUT2D eigenvalue weighted by Gasteiger charge is 2.16. The molecule has 0 saturated carbocycles. The van der Waals surface area contributed by atoms with Gasteiger partial charge in [-0.1, -0.05) is 48.0 Å². The second kappa shape index (κ2) is 8.62. The van der Waals surface area contributed by atoms with Crippen molar-refractivity contribution in [2.75, 3.05) is 20.6 Å². The molecular weight excluding hydrogens is 327 g/mol. The Morgan fingerprint density at radius 1 is 1.21 bits per heavy atom. The molecular formula is C19H21ClFN2O+. The highest BCUT2D eigenvalue weighted by molar-refractivity contribution is 6.32. The number of quaternary nitrogens is 1. The average molecular weight is 348 g/mol. The normalized spacial score (nSPS) is 12.5. The summed E-state index contributed by atoms with van der Waals surface area (Å²) in [6.07, 6.45) is 2.71. The molecule has 1 atom stereocenters. The summed E-state index contributed by atoms with van der Waals surface area (Å²) < 4.78 is 13.7. The van der Waals surface area contributed by atoms with Crippen molar-refractivity contribution in [1.29, 1.82) is 0 Å². The van der Waals surface area contributed by atoms with Crippen LogP contribution >= 0.6 is 11.6 Å². The van der Waals surface area contributed by atoms with E-state index in [4.69, 9.17) is 11.6 Å². The third kappa shape index (κ3) is 5.18. The van der Waals surface area contributed by atoms with Crippen LogP contribution in [0.3, 0.4) is 0 Å². The topological polar surface area (TPSA) is 33.5 Å². The number of carbonyl (C=O) groups excluding carboxylic acids is 1. The van der Waals surface area contributed by atoms with Crippen LogP contribution in [0.4, 0.5) is 4.39 Å². The molecule has 0 aliphatic rings. The van der Waals surface area contributed by atoms with E-state index in [-0.39, 0.29) is 22.5 Å². The molecule has 0 radical (unpaired) electrons. The lowest BCUT2D eigenvalue weighted by Gasteiger charge is -2.20. The SMILES string of the molecule is C[NH+](C)C[C@@H](NC(=O)/C=C/c1c(F)cccc1Cl)c1ccccc1. The van der Waals surface area contributed by atoms with E-state index in [1.807, 2.05) is 44.4 Å². The first-order chi connectivity index (χ1) is 11.5. The van der Waals surface area contributed by atoms with Crippen LogP contribution in [-0.4, -0.2) is 26.5 Å². The first kappa shape index (κ1) is 18.2. The van der Waals surface area contributed by atoms with Gasteiger partial charge in [0.05, 0.1) is 19.1 Å². The van der Waals surface area contributed by atoms with E-state index >= 15 is 0 Å². The van der Waals surface area contributed by atoms with Gasteiger partial charge in [0.1, 0.15) is 18.4 Å². The van der Waals surface area contributed by atoms with Crippen molar-refractivity contribution in [2.24, 2.45) is 0 Å². The quantitative estimate of drug-likeness (QED) is 0.773. The van der Waals surface area contributed by atoms with Crippen LogP contribution in [-0.2, 0) is 4.79 Å². The Kier molecular flexibility index (Phi) is 6.53. The predicted octanol–water partition coefficient (Wildman–Crippen LogP) is 2.49. The van der Waals surface area contributed by atoms with Gasteiger partial charge in [0, 0.05) is 11.6 Å². The van der Waals surface area contributed by atoms with Gasteiger partial charge in [0.25, 0.3) is 0 Å². The maximum Gasteiger partial charge on any atom is 0.244 e. The van der Waals surface area contributed by atoms with Crippen molar-refractivity contribution in [1.82, 2.24) is 5.32 Å². The largest absolute Gasteiger partial charge is 0.340 e. The Labute approximate surface area is 146 Å². The summed E-state index contributed by atoms with van der Waals surface area (Å²) in [6.45, 7) is 0.740. The average Bonchev–Trinajstić information content (AvgIpc) is 2.54. The molecule has 0 fully saturated rings. The van der Waals surface area contributed by atoms with Gasteiger partial charge >= 0.3 is 0 Å². The summed E-state index contributed by atoms with van der Waals surface area (Å²) in [4.78, 5) is 13.4. The summed E-state index contributed by atoms with van der Waals surface area (Å²) in [5.41, 5.74) is 1.24. The maximum atomic E-state index is 13.7. The molecule has 0 bridgehead atoms. The number of hydrogen-bond donors (Lipinski definition) is 2. The molecule has 0 aliphatic carbocycles. The minimum atomic E-state index is -0.455. The molecule has 0 aliphatic heterocycles. The van der Waals surface area contributed by atoms with Gasteiger partial charge in [-0.05, 0) is 23.8 Å². The van der Waals surface area contributed by atoms with Gasteiger partial charge in [-0.2, -0.15) is 0 Å². The van der Waals surface area contributed by atoms with Gasteiger partial charge in [-0.25, -0.2) is 4.39 Å². The van der Waals surface area contributed by atoms with Gasteiger partial charge in [-0.15, -0.1) is 0 Å². The molecule has 0 spiro atoms. The molecule has 0 aromatic heterocycles. The number of amides is 1. The monoisotopic (exact) mass is 347 g/mol. The van der Waals surface area contributed by atoms with E-state index in [0.29, 0.717) is 0 Å². The number of nitrogens with one attached hydrogen (secondary N) is 2. The van der Waals surface area contributed by atoms with E-state index in [9.17, 15) is 9.18 Å². The molecule has 2 N–H and O–H groups in total. The molecule has 3 nitrogen and oxygen atoms in total. The second-order valence-electron chi connectivity index (χ2n) is 5.85. The van der Waals surface area contributed by atoms with Gasteiger partial charge in [0.15, 0.2) is 0 Å². The van der Waals surface area contributed by atoms with Crippen LogP contribution in [0.15, 0.2) is 54.6 Å². The number of rotatable bonds is 6. The minimum Gasteiger partial charge on any atom is -0.340 e. The van der Waals surface area contributed by atoms with Crippen molar-refractivity contribution in [3.05, 3.63) is 76.6 Å². The van der Waals surface area contributed by atoms with E-state index < -0.39 is 5.82 Å². The van der Waals surface area contributed by atoms with Gasteiger partial charge in [0.2, 0.25) is 5.91 Å². The fourth-order valence-electron chi connectivity index (χ4n) is 2.39. The zero-order valence-corrected chi connectivity index (χ0v) is 14.5. The fraction of sp³-hybridized carbons (Fsp3) is 0.211. The fourth-order valence-corrected chi connectivity index (χ4v) is 2.62. The van der Waals surface area contributed by atoms with E-state index in [2.05, 4.69) is 5.32 Å². The Hall–Kier alpha value is -2.17. The zero-order valence-electron chi connectivity index (χ0n) is 13.7. The first-order valence-corrected chi connectivity index (χ1v) is 8.11. The number of halogens is 2. The highest BCUT2D eigenvalue weighted by atomic mass is 35.5. The third-order valence-electron chi connectivity index (χ3n) is 3.53. The van der Waals surface area contributed by atoms with Crippen molar-refractivity contribution in [2.45, 2.75) is 6.04 Å². The van der Waals surface area contributed by atoms with Crippen LogP contribution in [0.1, 0.15) is 17.2 Å². The molecule has 0 heterocycles. The molecule has 2 aromatic carbocycles. The molecule has 0 unspecified atom stereocenters. The number of likely N-dealkylation sites (N-methyl/N-ethyl adjacent to an activating group) is 1. The lowest BCUT2D eigenvalue weighted by atomic mass is 10.1. The summed E-state index contributed by atoms with van der Waals surface area (Å²) in [6, 6.07) is 14.1. The zero-order chi connectivity index (χ0) is 17.5. The van der Waals surface area contributed by atoms with Crippen molar-refractivity contribution in [3.8, 4) is 0 Å². The van der Waals surface area contributed by atoms with E-state index in [1.165, 1.54) is 29.2 Å². The number of hydrogen-bond acceptors (Lipinski definition) is 1. The summed E-state index contributed by atoms with van der Waals surface area (Å²) in [5, 5.41) is 3.24. The lowest BCUT2D eigenvalue weighted by Crippen LogP contribution is -3.06. The number of benzene rings is 2. The van der Waals surface area contributed by atoms with Crippen LogP contribution in [0.25, 0.3) is 6.08 Å². The Morgan fingerprint density at radius 3 is 2.54 bits per heavy atom. The molecule has 1 amide bonds. The molecule has 0 saturated heterocycles. The van der Waals surface area contributed by atoms with Crippen molar-refractivity contribution < 1.29 is 14.1 Å². The Morgan fingerprint density at radius 2 is 1.92 bits per heavy atom. The molecule has 24 heavy (non-hydrogen) atoms. The Balaban J connectivity index is 2.12. The molecule has 126 valence electrons. The standard InChI is InChI=1S/C19H20ClFN2O/c1-23(2)13-18(14-7-4-3-5-8-14)22-19(24)12-11-15-16(20)9-6-10-17(15)21/h3-12,18H,13H2,1-2H3,(H,22,24)/p+1/b12-11+/t18-/m1/s1. The molecule has 2 rings (SSSR count). The predicted molar refractivity (Wildman–Crippen MR) is 95.4 cm³/mol. The molecule has 2 aromatic rings. The van der Waals surface area contributed by atoms with Gasteiger partial charge < -0.3 is 10.2 Å². The summed E-state index contributed by atoms with van der Waals surface area (Å²) >= 11 is 5.96. The smallest absolute Gasteiger partial charge is 0.244 e. The Bertz CT molecular complexity index is 696. The van der Waals surface area contributed by atoms with Crippen LogP contribution in [0.5, 0.6) is 0 Å². The van der Waals surface area contributed by atoms with Crippen molar-refractivity contribution in [3.63, 3.8) is 0 Å². The second-order valence-corrected chi connectivity index (χ2v) is 6.26. The summed E-state index contributed by atoms with van der Waals surface area (Å²) in [5.74, 6) is -0.742. The maximum absolute atomic E-state index is 13.7. The van der Waals surface area contributed by atoms with Crippen LogP contribution < -0.4 is 10.2 Å². The van der Waals surface area contributed by atoms with Gasteiger partial charge in [-0.3, -0.25) is 4.79 Å². The molecule has 5 heteroatoms. The first-order valence-electron chi connectivity index (χ1n) is 7.74. The summed E-state index contributed by atoms with van der Waals surface area (Å²) in [7, 11) is 4.05. The van der Waals surface area contributed by atoms with Crippen molar-refractivity contribution >= 4 is 23.6 Å². The number of carbonyl (C=O) groups is 1. The van der Waals surface area contributed by atoms with Crippen LogP contribution in [0, 0.1) is 5.82 Å². The minimum absolute atomic E-state index is 0.121. The third-order valence-corrected chi connectivity index (χ3v) is 3.86.